The van der Waals surface area contributed by atoms with E-state index in [2.05, 4.69) is 10.6 Å². The van der Waals surface area contributed by atoms with Crippen LogP contribution in [0.3, 0.4) is 0 Å². The SMILES string of the molecule is C#CC(NS(=O)C(C)(C)C)C1CCCCC1. The molecule has 0 aromatic heterocycles. The minimum atomic E-state index is -1.06. The van der Waals surface area contributed by atoms with Gasteiger partial charge in [0.1, 0.15) is 0 Å². The lowest BCUT2D eigenvalue weighted by Crippen LogP contribution is -2.43. The molecule has 0 aliphatic heterocycles. The van der Waals surface area contributed by atoms with Gasteiger partial charge < -0.3 is 0 Å². The van der Waals surface area contributed by atoms with Gasteiger partial charge in [0.2, 0.25) is 0 Å². The second-order valence-corrected chi connectivity index (χ2v) is 7.54. The molecule has 2 unspecified atom stereocenters. The highest BCUT2D eigenvalue weighted by Crippen LogP contribution is 2.27. The molecule has 0 radical (unpaired) electrons. The number of terminal acetylenes is 1. The molecular weight excluding hydrogens is 218 g/mol. The lowest BCUT2D eigenvalue weighted by molar-refractivity contribution is 0.326. The van der Waals surface area contributed by atoms with Crippen LogP contribution in [-0.2, 0) is 11.0 Å². The van der Waals surface area contributed by atoms with Crippen LogP contribution in [0.5, 0.6) is 0 Å². The van der Waals surface area contributed by atoms with Crippen LogP contribution in [-0.4, -0.2) is 15.0 Å². The Labute approximate surface area is 102 Å². The van der Waals surface area contributed by atoms with Crippen LogP contribution in [0.1, 0.15) is 52.9 Å². The molecule has 92 valence electrons. The summed E-state index contributed by atoms with van der Waals surface area (Å²) in [7, 11) is -1.06. The van der Waals surface area contributed by atoms with Gasteiger partial charge in [-0.05, 0) is 39.5 Å². The van der Waals surface area contributed by atoms with Crippen molar-refractivity contribution in [1.29, 1.82) is 0 Å². The van der Waals surface area contributed by atoms with Crippen LogP contribution in [0.25, 0.3) is 0 Å². The highest BCUT2D eigenvalue weighted by Gasteiger charge is 2.27. The second-order valence-electron chi connectivity index (χ2n) is 5.54. The van der Waals surface area contributed by atoms with Gasteiger partial charge >= 0.3 is 0 Å². The topological polar surface area (TPSA) is 29.1 Å². The zero-order valence-electron chi connectivity index (χ0n) is 10.6. The molecule has 1 fully saturated rings. The van der Waals surface area contributed by atoms with Gasteiger partial charge in [-0.25, -0.2) is 8.93 Å². The quantitative estimate of drug-likeness (QED) is 0.756. The Morgan fingerprint density at radius 1 is 1.31 bits per heavy atom. The molecule has 2 nitrogen and oxygen atoms in total. The lowest BCUT2D eigenvalue weighted by Gasteiger charge is -2.29. The van der Waals surface area contributed by atoms with Crippen molar-refractivity contribution in [2.75, 3.05) is 0 Å². The second kappa shape index (κ2) is 5.84. The van der Waals surface area contributed by atoms with Crippen molar-refractivity contribution < 1.29 is 4.21 Å². The van der Waals surface area contributed by atoms with Gasteiger partial charge in [-0.1, -0.05) is 25.2 Å². The summed E-state index contributed by atoms with van der Waals surface area (Å²) in [5, 5.41) is 0. The summed E-state index contributed by atoms with van der Waals surface area (Å²) in [6, 6.07) is -0.0274. The van der Waals surface area contributed by atoms with Gasteiger partial charge in [0.05, 0.1) is 21.8 Å². The van der Waals surface area contributed by atoms with Gasteiger partial charge in [0, 0.05) is 0 Å². The molecular formula is C13H23NOS. The highest BCUT2D eigenvalue weighted by molar-refractivity contribution is 7.84. The third-order valence-electron chi connectivity index (χ3n) is 3.09. The molecule has 0 bridgehead atoms. The molecule has 2 atom stereocenters. The minimum absolute atomic E-state index is 0.0274. The first-order chi connectivity index (χ1) is 7.45. The first-order valence-corrected chi connectivity index (χ1v) is 7.24. The standard InChI is InChI=1S/C13H23NOS/c1-5-12(11-9-7-6-8-10-11)14-16(15)13(2,3)4/h1,11-12,14H,6-10H2,2-4H3. The third-order valence-corrected chi connectivity index (χ3v) is 4.67. The van der Waals surface area contributed by atoms with Crippen molar-refractivity contribution in [3.05, 3.63) is 0 Å². The van der Waals surface area contributed by atoms with E-state index in [0.717, 1.165) is 0 Å². The van der Waals surface area contributed by atoms with E-state index in [0.29, 0.717) is 5.92 Å². The number of hydrogen-bond acceptors (Lipinski definition) is 1. The molecule has 16 heavy (non-hydrogen) atoms. The Morgan fingerprint density at radius 3 is 2.31 bits per heavy atom. The van der Waals surface area contributed by atoms with E-state index in [1.54, 1.807) is 0 Å². The van der Waals surface area contributed by atoms with Crippen molar-refractivity contribution >= 4 is 11.0 Å². The first-order valence-electron chi connectivity index (χ1n) is 6.09. The fourth-order valence-electron chi connectivity index (χ4n) is 2.03. The molecule has 0 heterocycles. The summed E-state index contributed by atoms with van der Waals surface area (Å²) in [5.74, 6) is 3.28. The van der Waals surface area contributed by atoms with Gasteiger partial charge in [-0.2, -0.15) is 0 Å². The van der Waals surface area contributed by atoms with Crippen LogP contribution in [0.4, 0.5) is 0 Å². The van der Waals surface area contributed by atoms with Crippen LogP contribution in [0.15, 0.2) is 0 Å². The minimum Gasteiger partial charge on any atom is -0.242 e. The van der Waals surface area contributed by atoms with E-state index in [4.69, 9.17) is 6.42 Å². The van der Waals surface area contributed by atoms with Crippen LogP contribution in [0.2, 0.25) is 0 Å². The largest absolute Gasteiger partial charge is 0.242 e. The molecule has 1 N–H and O–H groups in total. The van der Waals surface area contributed by atoms with Crippen LogP contribution >= 0.6 is 0 Å². The molecule has 0 saturated heterocycles. The fraction of sp³-hybridized carbons (Fsp3) is 0.846. The Morgan fingerprint density at radius 2 is 1.88 bits per heavy atom. The highest BCUT2D eigenvalue weighted by atomic mass is 32.2. The van der Waals surface area contributed by atoms with Gasteiger partial charge in [0.25, 0.3) is 0 Å². The number of nitrogens with one attached hydrogen (secondary N) is 1. The van der Waals surface area contributed by atoms with Gasteiger partial charge in [0.15, 0.2) is 0 Å². The van der Waals surface area contributed by atoms with Crippen molar-refractivity contribution in [1.82, 2.24) is 4.72 Å². The van der Waals surface area contributed by atoms with Crippen molar-refractivity contribution in [2.24, 2.45) is 5.92 Å². The summed E-state index contributed by atoms with van der Waals surface area (Å²) in [5.41, 5.74) is 0. The molecule has 1 saturated carbocycles. The lowest BCUT2D eigenvalue weighted by atomic mass is 9.84. The Kier molecular flexibility index (Phi) is 5.01. The fourth-order valence-corrected chi connectivity index (χ4v) is 2.87. The Hall–Kier alpha value is -0.330. The number of rotatable bonds is 3. The summed E-state index contributed by atoms with van der Waals surface area (Å²) in [4.78, 5) is 0. The molecule has 1 aliphatic rings. The van der Waals surface area contributed by atoms with Crippen LogP contribution < -0.4 is 4.72 Å². The predicted molar refractivity (Wildman–Crippen MR) is 70.2 cm³/mol. The maximum Gasteiger partial charge on any atom is 0.0981 e. The summed E-state index contributed by atoms with van der Waals surface area (Å²) >= 11 is 0. The maximum atomic E-state index is 12.0. The smallest absolute Gasteiger partial charge is 0.0981 e. The van der Waals surface area contributed by atoms with Crippen molar-refractivity contribution in [2.45, 2.75) is 63.7 Å². The average molecular weight is 241 g/mol. The average Bonchev–Trinajstić information content (AvgIpc) is 2.25. The molecule has 0 amide bonds. The van der Waals surface area contributed by atoms with E-state index in [9.17, 15) is 4.21 Å². The van der Waals surface area contributed by atoms with Crippen LogP contribution in [0, 0.1) is 18.3 Å². The van der Waals surface area contributed by atoms with E-state index in [1.165, 1.54) is 32.1 Å². The number of hydrogen-bond donors (Lipinski definition) is 1. The van der Waals surface area contributed by atoms with Crippen molar-refractivity contribution in [3.8, 4) is 12.3 Å². The summed E-state index contributed by atoms with van der Waals surface area (Å²) in [6.07, 6.45) is 11.7. The summed E-state index contributed by atoms with van der Waals surface area (Å²) < 4.78 is 14.8. The first kappa shape index (κ1) is 13.7. The molecule has 0 spiro atoms. The van der Waals surface area contributed by atoms with E-state index < -0.39 is 11.0 Å². The zero-order chi connectivity index (χ0) is 12.2. The van der Waals surface area contributed by atoms with Gasteiger partial charge in [-0.3, -0.25) is 0 Å². The maximum absolute atomic E-state index is 12.0. The monoisotopic (exact) mass is 241 g/mol. The molecule has 0 aromatic carbocycles. The van der Waals surface area contributed by atoms with E-state index in [1.807, 2.05) is 20.8 Å². The Balaban J connectivity index is 2.55. The van der Waals surface area contributed by atoms with E-state index in [-0.39, 0.29) is 10.8 Å². The molecule has 1 aliphatic carbocycles. The van der Waals surface area contributed by atoms with Crippen molar-refractivity contribution in [3.63, 3.8) is 0 Å². The van der Waals surface area contributed by atoms with Gasteiger partial charge in [-0.15, -0.1) is 6.42 Å². The predicted octanol–water partition coefficient (Wildman–Crippen LogP) is 2.62. The van der Waals surface area contributed by atoms with E-state index >= 15 is 0 Å². The normalized spacial score (nSPS) is 22.4. The molecule has 0 aromatic rings. The third kappa shape index (κ3) is 3.92. The molecule has 3 heteroatoms. The zero-order valence-corrected chi connectivity index (χ0v) is 11.4. The molecule has 1 rings (SSSR count). The summed E-state index contributed by atoms with van der Waals surface area (Å²) in [6.45, 7) is 5.89. The Bertz CT molecular complexity index is 281.